The van der Waals surface area contributed by atoms with Gasteiger partial charge in [-0.2, -0.15) is 5.26 Å². The highest BCUT2D eigenvalue weighted by molar-refractivity contribution is 6.30. The van der Waals surface area contributed by atoms with Gasteiger partial charge in [-0.05, 0) is 43.7 Å². The van der Waals surface area contributed by atoms with Crippen LogP contribution in [0.25, 0.3) is 0 Å². The standard InChI is InChI=1S/C18H16ClN3O/c1-12-3-7-16(8-4-12)22-18(23)14(10-20)11-21-17-9-15(19)6-5-13(17)2/h3-9,11,21H,1-2H3,(H,22,23)/b14-11-. The average molecular weight is 326 g/mol. The zero-order valence-electron chi connectivity index (χ0n) is 12.9. The Morgan fingerprint density at radius 3 is 2.52 bits per heavy atom. The first-order chi connectivity index (χ1) is 11.0. The van der Waals surface area contributed by atoms with Gasteiger partial charge in [0.1, 0.15) is 11.6 Å². The molecule has 2 N–H and O–H groups in total. The minimum absolute atomic E-state index is 0.0232. The molecule has 0 atom stereocenters. The zero-order valence-corrected chi connectivity index (χ0v) is 13.6. The summed E-state index contributed by atoms with van der Waals surface area (Å²) in [6.45, 7) is 3.87. The predicted molar refractivity (Wildman–Crippen MR) is 93.3 cm³/mol. The van der Waals surface area contributed by atoms with Gasteiger partial charge < -0.3 is 10.6 Å². The van der Waals surface area contributed by atoms with E-state index in [1.54, 1.807) is 24.3 Å². The molecular formula is C18H16ClN3O. The molecule has 5 heteroatoms. The molecule has 2 aromatic carbocycles. The van der Waals surface area contributed by atoms with Gasteiger partial charge in [0.05, 0.1) is 0 Å². The van der Waals surface area contributed by atoms with Crippen molar-refractivity contribution in [3.63, 3.8) is 0 Å². The molecule has 0 fully saturated rings. The Labute approximate surface area is 140 Å². The molecule has 0 radical (unpaired) electrons. The third-order valence-electron chi connectivity index (χ3n) is 3.25. The summed E-state index contributed by atoms with van der Waals surface area (Å²) in [5.74, 6) is -0.469. The lowest BCUT2D eigenvalue weighted by atomic mass is 10.2. The molecule has 0 aliphatic rings. The fraction of sp³-hybridized carbons (Fsp3) is 0.111. The van der Waals surface area contributed by atoms with E-state index in [-0.39, 0.29) is 5.57 Å². The van der Waals surface area contributed by atoms with Crippen LogP contribution >= 0.6 is 11.6 Å². The van der Waals surface area contributed by atoms with Crippen LogP contribution in [0.15, 0.2) is 54.2 Å². The Morgan fingerprint density at radius 1 is 1.17 bits per heavy atom. The molecule has 0 heterocycles. The SMILES string of the molecule is Cc1ccc(NC(=O)/C(C#N)=C\Nc2cc(Cl)ccc2C)cc1. The summed E-state index contributed by atoms with van der Waals surface area (Å²) in [5.41, 5.74) is 3.41. The van der Waals surface area contributed by atoms with Crippen LogP contribution in [0.5, 0.6) is 0 Å². The maximum absolute atomic E-state index is 12.1. The van der Waals surface area contributed by atoms with Gasteiger partial charge in [0.2, 0.25) is 0 Å². The second-order valence-corrected chi connectivity index (χ2v) is 5.53. The van der Waals surface area contributed by atoms with Crippen LogP contribution in [0.4, 0.5) is 11.4 Å². The highest BCUT2D eigenvalue weighted by atomic mass is 35.5. The van der Waals surface area contributed by atoms with E-state index in [1.165, 1.54) is 6.20 Å². The maximum Gasteiger partial charge on any atom is 0.267 e. The van der Waals surface area contributed by atoms with E-state index < -0.39 is 5.91 Å². The monoisotopic (exact) mass is 325 g/mol. The molecule has 0 spiro atoms. The molecule has 23 heavy (non-hydrogen) atoms. The Bertz CT molecular complexity index is 789. The number of nitrogens with one attached hydrogen (secondary N) is 2. The first-order valence-electron chi connectivity index (χ1n) is 7.00. The van der Waals surface area contributed by atoms with Gasteiger partial charge in [0, 0.05) is 22.6 Å². The Kier molecular flexibility index (Phi) is 5.40. The normalized spacial score (nSPS) is 10.8. The van der Waals surface area contributed by atoms with E-state index in [0.29, 0.717) is 10.7 Å². The quantitative estimate of drug-likeness (QED) is 0.646. The third-order valence-corrected chi connectivity index (χ3v) is 3.48. The van der Waals surface area contributed by atoms with Crippen molar-refractivity contribution in [1.82, 2.24) is 0 Å². The summed E-state index contributed by atoms with van der Waals surface area (Å²) in [6.07, 6.45) is 1.38. The summed E-state index contributed by atoms with van der Waals surface area (Å²) in [7, 11) is 0. The number of carbonyl (C=O) groups excluding carboxylic acids is 1. The molecule has 0 aromatic heterocycles. The number of nitriles is 1. The Morgan fingerprint density at radius 2 is 1.87 bits per heavy atom. The highest BCUT2D eigenvalue weighted by Crippen LogP contribution is 2.20. The third kappa shape index (κ3) is 4.60. The van der Waals surface area contributed by atoms with Crippen LogP contribution in [0.2, 0.25) is 5.02 Å². The molecular weight excluding hydrogens is 310 g/mol. The number of halogens is 1. The number of nitrogens with zero attached hydrogens (tertiary/aromatic N) is 1. The number of hydrogen-bond donors (Lipinski definition) is 2. The molecule has 0 bridgehead atoms. The lowest BCUT2D eigenvalue weighted by Gasteiger charge is -2.08. The zero-order chi connectivity index (χ0) is 16.8. The molecule has 0 saturated carbocycles. The van der Waals surface area contributed by atoms with Crippen molar-refractivity contribution in [1.29, 1.82) is 5.26 Å². The first kappa shape index (κ1) is 16.6. The molecule has 116 valence electrons. The average Bonchev–Trinajstić information content (AvgIpc) is 2.53. The van der Waals surface area contributed by atoms with E-state index >= 15 is 0 Å². The van der Waals surface area contributed by atoms with Gasteiger partial charge in [-0.15, -0.1) is 0 Å². The van der Waals surface area contributed by atoms with Crippen molar-refractivity contribution in [2.75, 3.05) is 10.6 Å². The van der Waals surface area contributed by atoms with E-state index in [9.17, 15) is 10.1 Å². The van der Waals surface area contributed by atoms with E-state index in [4.69, 9.17) is 11.6 Å². The van der Waals surface area contributed by atoms with E-state index in [2.05, 4.69) is 10.6 Å². The summed E-state index contributed by atoms with van der Waals surface area (Å²) in [5, 5.41) is 15.4. The molecule has 4 nitrogen and oxygen atoms in total. The lowest BCUT2D eigenvalue weighted by molar-refractivity contribution is -0.112. The number of anilines is 2. The van der Waals surface area contributed by atoms with Gasteiger partial charge in [-0.1, -0.05) is 35.4 Å². The highest BCUT2D eigenvalue weighted by Gasteiger charge is 2.09. The van der Waals surface area contributed by atoms with Crippen molar-refractivity contribution >= 4 is 28.9 Å². The molecule has 0 saturated heterocycles. The van der Waals surface area contributed by atoms with Gasteiger partial charge in [0.25, 0.3) is 5.91 Å². The number of amides is 1. The van der Waals surface area contributed by atoms with Crippen LogP contribution in [0, 0.1) is 25.2 Å². The van der Waals surface area contributed by atoms with E-state index in [0.717, 1.165) is 16.8 Å². The Balaban J connectivity index is 2.12. The summed E-state index contributed by atoms with van der Waals surface area (Å²) in [4.78, 5) is 12.1. The molecule has 0 aliphatic carbocycles. The smallest absolute Gasteiger partial charge is 0.267 e. The van der Waals surface area contributed by atoms with Gasteiger partial charge in [-0.3, -0.25) is 4.79 Å². The Hall–Kier alpha value is -2.77. The minimum Gasteiger partial charge on any atom is -0.360 e. The number of benzene rings is 2. The first-order valence-corrected chi connectivity index (χ1v) is 7.38. The molecule has 2 aromatic rings. The second-order valence-electron chi connectivity index (χ2n) is 5.09. The minimum atomic E-state index is -0.469. The van der Waals surface area contributed by atoms with Crippen LogP contribution in [0.3, 0.4) is 0 Å². The molecule has 1 amide bonds. The van der Waals surface area contributed by atoms with Gasteiger partial charge in [-0.25, -0.2) is 0 Å². The number of aryl methyl sites for hydroxylation is 2. The number of carbonyl (C=O) groups is 1. The molecule has 0 aliphatic heterocycles. The van der Waals surface area contributed by atoms with Crippen molar-refractivity contribution in [2.45, 2.75) is 13.8 Å². The van der Waals surface area contributed by atoms with Crippen LogP contribution in [-0.4, -0.2) is 5.91 Å². The fourth-order valence-corrected chi connectivity index (χ4v) is 2.06. The van der Waals surface area contributed by atoms with Crippen LogP contribution in [-0.2, 0) is 4.79 Å². The van der Waals surface area contributed by atoms with E-state index in [1.807, 2.05) is 38.1 Å². The molecule has 0 unspecified atom stereocenters. The largest absolute Gasteiger partial charge is 0.360 e. The van der Waals surface area contributed by atoms with Gasteiger partial charge >= 0.3 is 0 Å². The summed E-state index contributed by atoms with van der Waals surface area (Å²) in [6, 6.07) is 14.6. The van der Waals surface area contributed by atoms with Crippen LogP contribution < -0.4 is 10.6 Å². The number of rotatable bonds is 4. The topological polar surface area (TPSA) is 64.9 Å². The van der Waals surface area contributed by atoms with Crippen LogP contribution in [0.1, 0.15) is 11.1 Å². The summed E-state index contributed by atoms with van der Waals surface area (Å²) >= 11 is 5.94. The van der Waals surface area contributed by atoms with Crippen molar-refractivity contribution in [3.8, 4) is 6.07 Å². The van der Waals surface area contributed by atoms with Gasteiger partial charge in [0.15, 0.2) is 0 Å². The predicted octanol–water partition coefficient (Wildman–Crippen LogP) is 4.41. The lowest BCUT2D eigenvalue weighted by Crippen LogP contribution is -2.14. The van der Waals surface area contributed by atoms with Crippen molar-refractivity contribution < 1.29 is 4.79 Å². The molecule has 2 rings (SSSR count). The second kappa shape index (κ2) is 7.48. The van der Waals surface area contributed by atoms with Crippen molar-refractivity contribution in [2.24, 2.45) is 0 Å². The summed E-state index contributed by atoms with van der Waals surface area (Å²) < 4.78 is 0. The number of hydrogen-bond acceptors (Lipinski definition) is 3. The fourth-order valence-electron chi connectivity index (χ4n) is 1.88. The van der Waals surface area contributed by atoms with Crippen molar-refractivity contribution in [3.05, 3.63) is 70.4 Å². The maximum atomic E-state index is 12.1.